The van der Waals surface area contributed by atoms with E-state index in [1.165, 1.54) is 57.4 Å². The second kappa shape index (κ2) is 8.38. The molecule has 1 unspecified atom stereocenters. The molecule has 1 aromatic carbocycles. The third kappa shape index (κ3) is 4.59. The average molecular weight is 329 g/mol. The first kappa shape index (κ1) is 17.1. The highest BCUT2D eigenvalue weighted by Crippen LogP contribution is 2.26. The molecule has 2 saturated heterocycles. The molecular formula is C17H26Cl2N2. The third-order valence-electron chi connectivity index (χ3n) is 4.86. The van der Waals surface area contributed by atoms with Crippen LogP contribution in [0.5, 0.6) is 0 Å². The number of hydrogen-bond acceptors (Lipinski definition) is 2. The highest BCUT2D eigenvalue weighted by molar-refractivity contribution is 6.31. The Hall–Kier alpha value is -0.280. The summed E-state index contributed by atoms with van der Waals surface area (Å²) >= 11 is 6.32. The number of piperidine rings is 1. The molecule has 0 spiro atoms. The van der Waals surface area contributed by atoms with Crippen LogP contribution in [0, 0.1) is 5.92 Å². The molecule has 0 radical (unpaired) electrons. The Morgan fingerprint density at radius 2 is 1.90 bits per heavy atom. The molecule has 0 saturated carbocycles. The van der Waals surface area contributed by atoms with Crippen molar-refractivity contribution in [2.75, 3.05) is 26.2 Å². The van der Waals surface area contributed by atoms with E-state index in [1.807, 2.05) is 12.1 Å². The molecule has 21 heavy (non-hydrogen) atoms. The SMILES string of the molecule is Cl.Clc1ccccc1CC1CCCN1CC1CCNCC1. The molecule has 2 aliphatic heterocycles. The van der Waals surface area contributed by atoms with Crippen molar-refractivity contribution >= 4 is 24.0 Å². The van der Waals surface area contributed by atoms with Crippen LogP contribution in [0.2, 0.25) is 5.02 Å². The second-order valence-corrected chi connectivity index (χ2v) is 6.69. The zero-order chi connectivity index (χ0) is 13.8. The van der Waals surface area contributed by atoms with Crippen LogP contribution in [-0.4, -0.2) is 37.1 Å². The number of nitrogens with one attached hydrogen (secondary N) is 1. The maximum absolute atomic E-state index is 6.32. The molecule has 1 aromatic rings. The quantitative estimate of drug-likeness (QED) is 0.905. The van der Waals surface area contributed by atoms with E-state index in [4.69, 9.17) is 11.6 Å². The first-order chi connectivity index (χ1) is 9.83. The highest BCUT2D eigenvalue weighted by Gasteiger charge is 2.27. The number of likely N-dealkylation sites (tertiary alicyclic amines) is 1. The summed E-state index contributed by atoms with van der Waals surface area (Å²) in [5, 5.41) is 4.39. The Balaban J connectivity index is 0.00000161. The van der Waals surface area contributed by atoms with Crippen molar-refractivity contribution < 1.29 is 0 Å². The molecule has 0 amide bonds. The minimum Gasteiger partial charge on any atom is -0.317 e. The van der Waals surface area contributed by atoms with Crippen LogP contribution in [0.1, 0.15) is 31.2 Å². The summed E-state index contributed by atoms with van der Waals surface area (Å²) in [6, 6.07) is 9.03. The maximum Gasteiger partial charge on any atom is 0.0438 e. The van der Waals surface area contributed by atoms with E-state index in [1.54, 1.807) is 0 Å². The standard InChI is InChI=1S/C17H25ClN2.ClH/c18-17-6-2-1-4-15(17)12-16-5-3-11-20(16)13-14-7-9-19-10-8-14;/h1-2,4,6,14,16,19H,3,5,7-13H2;1H. The summed E-state index contributed by atoms with van der Waals surface area (Å²) in [6.45, 7) is 4.97. The summed E-state index contributed by atoms with van der Waals surface area (Å²) in [4.78, 5) is 2.72. The number of nitrogens with zero attached hydrogens (tertiary/aromatic N) is 1. The van der Waals surface area contributed by atoms with Gasteiger partial charge in [0.25, 0.3) is 0 Å². The summed E-state index contributed by atoms with van der Waals surface area (Å²) in [5.41, 5.74) is 1.32. The van der Waals surface area contributed by atoms with Gasteiger partial charge >= 0.3 is 0 Å². The fraction of sp³-hybridized carbons (Fsp3) is 0.647. The number of hydrogen-bond donors (Lipinski definition) is 1. The maximum atomic E-state index is 6.32. The van der Waals surface area contributed by atoms with Gasteiger partial charge in [-0.05, 0) is 69.3 Å². The van der Waals surface area contributed by atoms with Crippen LogP contribution in [-0.2, 0) is 6.42 Å². The summed E-state index contributed by atoms with van der Waals surface area (Å²) in [5.74, 6) is 0.892. The van der Waals surface area contributed by atoms with Crippen LogP contribution < -0.4 is 5.32 Å². The van der Waals surface area contributed by atoms with E-state index < -0.39 is 0 Å². The van der Waals surface area contributed by atoms with Crippen LogP contribution in [0.25, 0.3) is 0 Å². The van der Waals surface area contributed by atoms with Gasteiger partial charge in [0, 0.05) is 17.6 Å². The molecular weight excluding hydrogens is 303 g/mol. The van der Waals surface area contributed by atoms with Crippen LogP contribution in [0.15, 0.2) is 24.3 Å². The Morgan fingerprint density at radius 1 is 1.14 bits per heavy atom. The van der Waals surface area contributed by atoms with Gasteiger partial charge in [-0.2, -0.15) is 0 Å². The van der Waals surface area contributed by atoms with Gasteiger partial charge in [0.15, 0.2) is 0 Å². The third-order valence-corrected chi connectivity index (χ3v) is 5.23. The lowest BCUT2D eigenvalue weighted by atomic mass is 9.96. The van der Waals surface area contributed by atoms with Crippen molar-refractivity contribution in [1.29, 1.82) is 0 Å². The van der Waals surface area contributed by atoms with E-state index in [2.05, 4.69) is 22.3 Å². The van der Waals surface area contributed by atoms with Crippen molar-refractivity contribution in [3.05, 3.63) is 34.9 Å². The van der Waals surface area contributed by atoms with Gasteiger partial charge in [-0.15, -0.1) is 12.4 Å². The first-order valence-corrected chi connectivity index (χ1v) is 8.39. The lowest BCUT2D eigenvalue weighted by Gasteiger charge is -2.31. The highest BCUT2D eigenvalue weighted by atomic mass is 35.5. The number of rotatable bonds is 4. The molecule has 0 bridgehead atoms. The predicted octanol–water partition coefficient (Wildman–Crippen LogP) is 3.77. The van der Waals surface area contributed by atoms with Crippen molar-refractivity contribution in [2.45, 2.75) is 38.1 Å². The van der Waals surface area contributed by atoms with Gasteiger partial charge in [0.05, 0.1) is 0 Å². The van der Waals surface area contributed by atoms with E-state index in [-0.39, 0.29) is 12.4 Å². The molecule has 2 heterocycles. The molecule has 1 N–H and O–H groups in total. The molecule has 1 atom stereocenters. The van der Waals surface area contributed by atoms with Crippen LogP contribution in [0.4, 0.5) is 0 Å². The summed E-state index contributed by atoms with van der Waals surface area (Å²) in [6.07, 6.45) is 6.48. The molecule has 2 aliphatic rings. The molecule has 118 valence electrons. The Morgan fingerprint density at radius 3 is 2.67 bits per heavy atom. The fourth-order valence-corrected chi connectivity index (χ4v) is 3.89. The van der Waals surface area contributed by atoms with Gasteiger partial charge in [0.1, 0.15) is 0 Å². The normalized spacial score (nSPS) is 24.0. The summed E-state index contributed by atoms with van der Waals surface area (Å²) < 4.78 is 0. The van der Waals surface area contributed by atoms with Crippen LogP contribution in [0.3, 0.4) is 0 Å². The predicted molar refractivity (Wildman–Crippen MR) is 92.6 cm³/mol. The van der Waals surface area contributed by atoms with E-state index in [0.717, 1.165) is 17.4 Å². The molecule has 0 aliphatic carbocycles. The van der Waals surface area contributed by atoms with Crippen LogP contribution >= 0.6 is 24.0 Å². The van der Waals surface area contributed by atoms with Gasteiger partial charge in [-0.3, -0.25) is 4.90 Å². The minimum atomic E-state index is 0. The average Bonchev–Trinajstić information content (AvgIpc) is 2.90. The van der Waals surface area contributed by atoms with Gasteiger partial charge in [0.2, 0.25) is 0 Å². The van der Waals surface area contributed by atoms with E-state index >= 15 is 0 Å². The van der Waals surface area contributed by atoms with E-state index in [9.17, 15) is 0 Å². The van der Waals surface area contributed by atoms with Crippen molar-refractivity contribution in [1.82, 2.24) is 10.2 Å². The smallest absolute Gasteiger partial charge is 0.0438 e. The number of benzene rings is 1. The van der Waals surface area contributed by atoms with Gasteiger partial charge in [-0.1, -0.05) is 29.8 Å². The van der Waals surface area contributed by atoms with E-state index in [0.29, 0.717) is 6.04 Å². The molecule has 3 rings (SSSR count). The lowest BCUT2D eigenvalue weighted by Crippen LogP contribution is -2.39. The Bertz CT molecular complexity index is 433. The topological polar surface area (TPSA) is 15.3 Å². The lowest BCUT2D eigenvalue weighted by molar-refractivity contribution is 0.191. The summed E-state index contributed by atoms with van der Waals surface area (Å²) in [7, 11) is 0. The molecule has 0 aromatic heterocycles. The molecule has 4 heteroatoms. The Kier molecular flexibility index (Phi) is 6.81. The molecule has 2 nitrogen and oxygen atoms in total. The first-order valence-electron chi connectivity index (χ1n) is 8.01. The van der Waals surface area contributed by atoms with Crippen molar-refractivity contribution in [3.63, 3.8) is 0 Å². The van der Waals surface area contributed by atoms with Crippen molar-refractivity contribution in [2.24, 2.45) is 5.92 Å². The zero-order valence-corrected chi connectivity index (χ0v) is 14.1. The fourth-order valence-electron chi connectivity index (χ4n) is 3.68. The number of halogens is 2. The second-order valence-electron chi connectivity index (χ2n) is 6.28. The Labute approximate surface area is 139 Å². The minimum absolute atomic E-state index is 0. The van der Waals surface area contributed by atoms with Gasteiger partial charge < -0.3 is 5.32 Å². The largest absolute Gasteiger partial charge is 0.317 e. The molecule has 2 fully saturated rings. The van der Waals surface area contributed by atoms with Crippen molar-refractivity contribution in [3.8, 4) is 0 Å². The monoisotopic (exact) mass is 328 g/mol. The van der Waals surface area contributed by atoms with Gasteiger partial charge in [-0.25, -0.2) is 0 Å². The zero-order valence-electron chi connectivity index (χ0n) is 12.6.